The maximum atomic E-state index is 13.4. The maximum Gasteiger partial charge on any atom is 0.349 e. The Kier molecular flexibility index (Phi) is 18.3. The summed E-state index contributed by atoms with van der Waals surface area (Å²) >= 11 is 0. The minimum absolute atomic E-state index is 0.0303. The van der Waals surface area contributed by atoms with Crippen molar-refractivity contribution in [3.8, 4) is 17.1 Å². The molecule has 0 bridgehead atoms. The molecule has 1 aromatic heterocycles. The normalized spacial score (nSPS) is 12.4. The smallest absolute Gasteiger partial charge is 0.349 e. The van der Waals surface area contributed by atoms with Crippen molar-refractivity contribution in [3.05, 3.63) is 77.6 Å². The number of carbonyl (C=O) groups is 4. The van der Waals surface area contributed by atoms with Gasteiger partial charge in [0.05, 0.1) is 39.0 Å². The number of amides is 4. The zero-order valence-corrected chi connectivity index (χ0v) is 32.1. The number of benzene rings is 2. The van der Waals surface area contributed by atoms with E-state index in [2.05, 4.69) is 28.4 Å². The van der Waals surface area contributed by atoms with Gasteiger partial charge in [0, 0.05) is 17.0 Å². The number of nitrogens with one attached hydrogen (secondary N) is 4. The average molecular weight is 757 g/mol. The molecule has 0 unspecified atom stereocenters. The lowest BCUT2D eigenvalue weighted by Gasteiger charge is -2.24. The SMILES string of the molecule is CCCCC[C@@H](C(=O)NCNC(=O)c1ccc(-c2cc(OCC)cc(C(=O)NCP(=O)(OCC)OCC)c2)o1)[C@@H](CC)C(=O)NOCc1ccccc1. The minimum Gasteiger partial charge on any atom is -0.494 e. The van der Waals surface area contributed by atoms with E-state index in [1.165, 1.54) is 12.1 Å². The highest BCUT2D eigenvalue weighted by Gasteiger charge is 2.32. The van der Waals surface area contributed by atoms with Gasteiger partial charge in [0.25, 0.3) is 11.8 Å². The van der Waals surface area contributed by atoms with E-state index in [0.717, 1.165) is 24.8 Å². The lowest BCUT2D eigenvalue weighted by molar-refractivity contribution is -0.144. The number of furan rings is 1. The molecule has 3 aromatic rings. The molecule has 0 saturated heterocycles. The number of carbonyl (C=O) groups excluding carboxylic acids is 4. The molecular weight excluding hydrogens is 703 g/mol. The Morgan fingerprint density at radius 2 is 1.51 bits per heavy atom. The second-order valence-electron chi connectivity index (χ2n) is 12.0. The summed E-state index contributed by atoms with van der Waals surface area (Å²) in [5.41, 5.74) is 4.06. The van der Waals surface area contributed by atoms with Crippen LogP contribution in [0.25, 0.3) is 11.3 Å². The highest BCUT2D eigenvalue weighted by Crippen LogP contribution is 2.46. The van der Waals surface area contributed by atoms with E-state index in [1.54, 1.807) is 39.0 Å². The van der Waals surface area contributed by atoms with Gasteiger partial charge < -0.3 is 34.2 Å². The first-order chi connectivity index (χ1) is 25.6. The molecular formula is C38H53N4O10P. The lowest BCUT2D eigenvalue weighted by Crippen LogP contribution is -2.45. The topological polar surface area (TPSA) is 184 Å². The van der Waals surface area contributed by atoms with Crippen molar-refractivity contribution in [3.63, 3.8) is 0 Å². The lowest BCUT2D eigenvalue weighted by atomic mass is 9.84. The molecule has 0 aliphatic heterocycles. The van der Waals surface area contributed by atoms with Crippen molar-refractivity contribution < 1.29 is 46.8 Å². The molecule has 0 aliphatic rings. The first-order valence-corrected chi connectivity index (χ1v) is 19.9. The van der Waals surface area contributed by atoms with E-state index >= 15 is 0 Å². The molecule has 14 nitrogen and oxygen atoms in total. The summed E-state index contributed by atoms with van der Waals surface area (Å²) in [5.74, 6) is -2.49. The molecule has 0 saturated carbocycles. The van der Waals surface area contributed by atoms with E-state index < -0.39 is 31.2 Å². The minimum atomic E-state index is -3.52. The van der Waals surface area contributed by atoms with Crippen LogP contribution in [0.3, 0.4) is 0 Å². The second-order valence-corrected chi connectivity index (χ2v) is 14.1. The molecule has 3 rings (SSSR count). The molecule has 1 heterocycles. The standard InChI is InChI=1S/C38H53N4O10P/c1-6-11-13-18-32(31(7-2)37(45)42-49-24-27-16-14-12-15-17-27)36(44)39-25-40-38(46)34-20-19-33(52-34)28-21-29(23-30(22-28)48-8-3)35(43)41-26-53(47,50-9-4)51-10-5/h12,14-17,19-23,31-32H,6-11,13,18,24-26H2,1-5H3,(H,39,44)(H,40,46)(H,41,43)(H,42,45)/t31-,32-/m1/s1. The number of hydroxylamine groups is 1. The van der Waals surface area contributed by atoms with E-state index in [0.29, 0.717) is 30.8 Å². The Morgan fingerprint density at radius 1 is 0.774 bits per heavy atom. The molecule has 15 heteroatoms. The summed E-state index contributed by atoms with van der Waals surface area (Å²) in [7, 11) is -3.52. The van der Waals surface area contributed by atoms with Crippen LogP contribution in [0.15, 0.2) is 65.1 Å². The molecule has 2 atom stereocenters. The predicted octanol–water partition coefficient (Wildman–Crippen LogP) is 6.57. The van der Waals surface area contributed by atoms with Crippen LogP contribution in [0.5, 0.6) is 5.75 Å². The Hall–Kier alpha value is -4.49. The Bertz CT molecular complexity index is 1660. The highest BCUT2D eigenvalue weighted by molar-refractivity contribution is 7.53. The molecule has 0 spiro atoms. The van der Waals surface area contributed by atoms with E-state index in [4.69, 9.17) is 23.0 Å². The molecule has 0 aliphatic carbocycles. The Morgan fingerprint density at radius 3 is 2.17 bits per heavy atom. The van der Waals surface area contributed by atoms with Crippen molar-refractivity contribution in [1.82, 2.24) is 21.4 Å². The van der Waals surface area contributed by atoms with Crippen LogP contribution < -0.4 is 26.2 Å². The predicted molar refractivity (Wildman–Crippen MR) is 200 cm³/mol. The quantitative estimate of drug-likeness (QED) is 0.0337. The van der Waals surface area contributed by atoms with Crippen LogP contribution in [0.2, 0.25) is 0 Å². The molecule has 290 valence electrons. The molecule has 0 fully saturated rings. The van der Waals surface area contributed by atoms with Crippen LogP contribution in [0.1, 0.15) is 93.2 Å². The fraction of sp³-hybridized carbons (Fsp3) is 0.474. The van der Waals surface area contributed by atoms with Gasteiger partial charge in [-0.2, -0.15) is 0 Å². The molecule has 4 amide bonds. The van der Waals surface area contributed by atoms with Crippen molar-refractivity contribution >= 4 is 31.2 Å². The van der Waals surface area contributed by atoms with Gasteiger partial charge in [0.2, 0.25) is 11.8 Å². The van der Waals surface area contributed by atoms with E-state index in [9.17, 15) is 23.7 Å². The first kappa shape index (κ1) is 42.9. The van der Waals surface area contributed by atoms with Gasteiger partial charge in [0.15, 0.2) is 5.76 Å². The molecule has 53 heavy (non-hydrogen) atoms. The van der Waals surface area contributed by atoms with Gasteiger partial charge in [-0.3, -0.25) is 28.6 Å². The fourth-order valence-electron chi connectivity index (χ4n) is 5.58. The Labute approximate surface area is 311 Å². The zero-order valence-electron chi connectivity index (χ0n) is 31.2. The average Bonchev–Trinajstić information content (AvgIpc) is 3.65. The largest absolute Gasteiger partial charge is 0.494 e. The molecule has 2 aromatic carbocycles. The third-order valence-corrected chi connectivity index (χ3v) is 10.0. The van der Waals surface area contributed by atoms with Crippen molar-refractivity contribution in [2.24, 2.45) is 11.8 Å². The van der Waals surface area contributed by atoms with Crippen molar-refractivity contribution in [1.29, 1.82) is 0 Å². The fourth-order valence-corrected chi connectivity index (χ4v) is 6.96. The monoisotopic (exact) mass is 756 g/mol. The van der Waals surface area contributed by atoms with Gasteiger partial charge in [0.1, 0.15) is 17.8 Å². The summed E-state index contributed by atoms with van der Waals surface area (Å²) in [6.07, 6.45) is 3.22. The van der Waals surface area contributed by atoms with Crippen LogP contribution >= 0.6 is 7.60 Å². The number of ether oxygens (including phenoxy) is 1. The van der Waals surface area contributed by atoms with Crippen molar-refractivity contribution in [2.45, 2.75) is 73.3 Å². The van der Waals surface area contributed by atoms with E-state index in [1.807, 2.05) is 37.3 Å². The molecule has 4 N–H and O–H groups in total. The third kappa shape index (κ3) is 13.8. The maximum absolute atomic E-state index is 13.4. The van der Waals surface area contributed by atoms with Crippen LogP contribution in [-0.2, 0) is 34.6 Å². The summed E-state index contributed by atoms with van der Waals surface area (Å²) < 4.78 is 34.9. The highest BCUT2D eigenvalue weighted by atomic mass is 31.2. The van der Waals surface area contributed by atoms with E-state index in [-0.39, 0.29) is 61.7 Å². The van der Waals surface area contributed by atoms with Gasteiger partial charge in [-0.05, 0) is 69.5 Å². The summed E-state index contributed by atoms with van der Waals surface area (Å²) in [5, 5.41) is 7.99. The van der Waals surface area contributed by atoms with Gasteiger partial charge in [-0.15, -0.1) is 0 Å². The number of rotatable bonds is 24. The van der Waals surface area contributed by atoms with Crippen LogP contribution in [0.4, 0.5) is 0 Å². The van der Waals surface area contributed by atoms with Crippen LogP contribution in [0, 0.1) is 11.8 Å². The zero-order chi connectivity index (χ0) is 38.6. The number of unbranched alkanes of at least 4 members (excludes halogenated alkanes) is 2. The number of hydrogen-bond donors (Lipinski definition) is 4. The summed E-state index contributed by atoms with van der Waals surface area (Å²) in [4.78, 5) is 58.1. The van der Waals surface area contributed by atoms with Crippen LogP contribution in [-0.4, -0.2) is 56.4 Å². The van der Waals surface area contributed by atoms with Gasteiger partial charge in [-0.25, -0.2) is 5.48 Å². The summed E-state index contributed by atoms with van der Waals surface area (Å²) in [6.45, 7) is 9.70. The molecule has 0 radical (unpaired) electrons. The summed E-state index contributed by atoms with van der Waals surface area (Å²) in [6, 6.07) is 17.2. The Balaban J connectivity index is 1.64. The third-order valence-electron chi connectivity index (χ3n) is 8.16. The first-order valence-electron chi connectivity index (χ1n) is 18.1. The number of hydrogen-bond acceptors (Lipinski definition) is 10. The van der Waals surface area contributed by atoms with Gasteiger partial charge >= 0.3 is 7.60 Å². The van der Waals surface area contributed by atoms with Crippen molar-refractivity contribution in [2.75, 3.05) is 32.8 Å². The van der Waals surface area contributed by atoms with Gasteiger partial charge in [-0.1, -0.05) is 63.4 Å². The second kappa shape index (κ2) is 22.5.